The molecule has 2 aromatic rings. The molecule has 0 saturated carbocycles. The Balaban J connectivity index is 0.000000257. The summed E-state index contributed by atoms with van der Waals surface area (Å²) in [6, 6.07) is 18.6. The Morgan fingerprint density at radius 1 is 0.913 bits per heavy atom. The second-order valence-electron chi connectivity index (χ2n) is 5.80. The van der Waals surface area contributed by atoms with Crippen molar-refractivity contribution >= 4 is 11.8 Å². The van der Waals surface area contributed by atoms with Gasteiger partial charge >= 0.3 is 5.97 Å². The quantitative estimate of drug-likeness (QED) is 0.848. The zero-order valence-electron chi connectivity index (χ0n) is 13.7. The molecule has 4 heteroatoms. The molecule has 1 atom stereocenters. The van der Waals surface area contributed by atoms with Crippen LogP contribution in [-0.4, -0.2) is 22.4 Å². The standard InChI is InChI=1S/C13H10O.C6H13NO2/c14-13(11-7-3-1-4-8-11)12-9-5-2-6-10-12;1-4(2)6(3,7)5(8)9/h1-10H;4H,7H2,1-3H3,(H,8,9). The molecule has 2 aromatic carbocycles. The van der Waals surface area contributed by atoms with Crippen LogP contribution in [0.25, 0.3) is 0 Å². The number of carboxylic acids is 1. The summed E-state index contributed by atoms with van der Waals surface area (Å²) in [7, 11) is 0. The van der Waals surface area contributed by atoms with E-state index in [0.29, 0.717) is 0 Å². The van der Waals surface area contributed by atoms with E-state index in [4.69, 9.17) is 10.8 Å². The van der Waals surface area contributed by atoms with Gasteiger partial charge in [0.1, 0.15) is 5.54 Å². The zero-order chi connectivity index (χ0) is 17.5. The number of carbonyl (C=O) groups excluding carboxylic acids is 1. The average Bonchev–Trinajstić information content (AvgIpc) is 2.56. The van der Waals surface area contributed by atoms with Crippen LogP contribution in [0.2, 0.25) is 0 Å². The van der Waals surface area contributed by atoms with Gasteiger partial charge in [0.05, 0.1) is 0 Å². The molecule has 1 unspecified atom stereocenters. The number of carbonyl (C=O) groups is 2. The number of rotatable bonds is 4. The third-order valence-electron chi connectivity index (χ3n) is 3.73. The number of carboxylic acid groups (broad SMARTS) is 1. The molecule has 4 nitrogen and oxygen atoms in total. The molecular formula is C19H23NO3. The maximum Gasteiger partial charge on any atom is 0.323 e. The van der Waals surface area contributed by atoms with E-state index >= 15 is 0 Å². The number of aliphatic carboxylic acids is 1. The zero-order valence-corrected chi connectivity index (χ0v) is 13.7. The van der Waals surface area contributed by atoms with E-state index in [1.54, 1.807) is 13.8 Å². The van der Waals surface area contributed by atoms with Crippen molar-refractivity contribution in [3.05, 3.63) is 71.8 Å². The summed E-state index contributed by atoms with van der Waals surface area (Å²) >= 11 is 0. The Morgan fingerprint density at radius 3 is 1.48 bits per heavy atom. The molecule has 0 aromatic heterocycles. The van der Waals surface area contributed by atoms with Crippen LogP contribution in [-0.2, 0) is 4.79 Å². The Bertz CT molecular complexity index is 593. The third-order valence-corrected chi connectivity index (χ3v) is 3.73. The average molecular weight is 313 g/mol. The van der Waals surface area contributed by atoms with E-state index in [0.717, 1.165) is 11.1 Å². The van der Waals surface area contributed by atoms with Gasteiger partial charge in [-0.1, -0.05) is 74.5 Å². The van der Waals surface area contributed by atoms with Crippen molar-refractivity contribution in [1.29, 1.82) is 0 Å². The monoisotopic (exact) mass is 313 g/mol. The molecule has 0 bridgehead atoms. The van der Waals surface area contributed by atoms with E-state index in [1.165, 1.54) is 6.92 Å². The Hall–Kier alpha value is -2.46. The SMILES string of the molecule is CC(C)C(C)(N)C(=O)O.O=C(c1ccccc1)c1ccccc1. The van der Waals surface area contributed by atoms with E-state index in [2.05, 4.69) is 0 Å². The highest BCUT2D eigenvalue weighted by atomic mass is 16.4. The van der Waals surface area contributed by atoms with Crippen molar-refractivity contribution in [1.82, 2.24) is 0 Å². The Labute approximate surface area is 137 Å². The van der Waals surface area contributed by atoms with Gasteiger partial charge in [-0.15, -0.1) is 0 Å². The molecule has 0 saturated heterocycles. The molecule has 0 amide bonds. The molecule has 0 radical (unpaired) electrons. The number of ketones is 1. The van der Waals surface area contributed by atoms with Gasteiger partial charge in [-0.3, -0.25) is 9.59 Å². The minimum Gasteiger partial charge on any atom is -0.480 e. The molecule has 0 aliphatic heterocycles. The van der Waals surface area contributed by atoms with Crippen LogP contribution in [0.4, 0.5) is 0 Å². The molecule has 3 N–H and O–H groups in total. The van der Waals surface area contributed by atoms with E-state index in [9.17, 15) is 9.59 Å². The lowest BCUT2D eigenvalue weighted by Gasteiger charge is -2.22. The van der Waals surface area contributed by atoms with Crippen LogP contribution in [0.1, 0.15) is 36.7 Å². The molecular weight excluding hydrogens is 290 g/mol. The molecule has 122 valence electrons. The second-order valence-corrected chi connectivity index (χ2v) is 5.80. The number of hydrogen-bond acceptors (Lipinski definition) is 3. The predicted octanol–water partition coefficient (Wildman–Crippen LogP) is 3.36. The largest absolute Gasteiger partial charge is 0.480 e. The van der Waals surface area contributed by atoms with Gasteiger partial charge in [0.15, 0.2) is 5.78 Å². The fourth-order valence-corrected chi connectivity index (χ4v) is 1.59. The van der Waals surface area contributed by atoms with Crippen molar-refractivity contribution in [2.24, 2.45) is 11.7 Å². The molecule has 0 aliphatic carbocycles. The summed E-state index contributed by atoms with van der Waals surface area (Å²) in [6.45, 7) is 5.09. The van der Waals surface area contributed by atoms with Gasteiger partial charge in [0.25, 0.3) is 0 Å². The Kier molecular flexibility index (Phi) is 6.66. The summed E-state index contributed by atoms with van der Waals surface area (Å²) in [5.41, 5.74) is 5.79. The van der Waals surface area contributed by atoms with Crippen molar-refractivity contribution in [2.45, 2.75) is 26.3 Å². The lowest BCUT2D eigenvalue weighted by molar-refractivity contribution is -0.144. The molecule has 0 fully saturated rings. The van der Waals surface area contributed by atoms with Gasteiger partial charge in [0, 0.05) is 11.1 Å². The first-order valence-electron chi connectivity index (χ1n) is 7.44. The smallest absolute Gasteiger partial charge is 0.323 e. The number of benzene rings is 2. The van der Waals surface area contributed by atoms with Crippen molar-refractivity contribution < 1.29 is 14.7 Å². The van der Waals surface area contributed by atoms with E-state index in [1.807, 2.05) is 60.7 Å². The molecule has 23 heavy (non-hydrogen) atoms. The highest BCUT2D eigenvalue weighted by molar-refractivity contribution is 6.08. The minimum absolute atomic E-state index is 0.0324. The normalized spacial score (nSPS) is 12.7. The van der Waals surface area contributed by atoms with Gasteiger partial charge in [-0.05, 0) is 12.8 Å². The summed E-state index contributed by atoms with van der Waals surface area (Å²) in [4.78, 5) is 22.2. The summed E-state index contributed by atoms with van der Waals surface area (Å²) in [6.07, 6.45) is 0. The minimum atomic E-state index is -1.08. The summed E-state index contributed by atoms with van der Waals surface area (Å²) < 4.78 is 0. The maximum absolute atomic E-state index is 11.8. The van der Waals surface area contributed by atoms with Gasteiger partial charge < -0.3 is 10.8 Å². The predicted molar refractivity (Wildman–Crippen MR) is 91.4 cm³/mol. The summed E-state index contributed by atoms with van der Waals surface area (Å²) in [5, 5.41) is 8.49. The number of nitrogens with two attached hydrogens (primary N) is 1. The highest BCUT2D eigenvalue weighted by Gasteiger charge is 2.31. The lowest BCUT2D eigenvalue weighted by Crippen LogP contribution is -2.49. The van der Waals surface area contributed by atoms with Crippen molar-refractivity contribution in [3.8, 4) is 0 Å². The fraction of sp³-hybridized carbons (Fsp3) is 0.263. The fourth-order valence-electron chi connectivity index (χ4n) is 1.59. The van der Waals surface area contributed by atoms with Crippen LogP contribution in [0.3, 0.4) is 0 Å². The van der Waals surface area contributed by atoms with Gasteiger partial charge in [-0.25, -0.2) is 0 Å². The molecule has 0 aliphatic rings. The molecule has 2 rings (SSSR count). The topological polar surface area (TPSA) is 80.4 Å². The first kappa shape index (κ1) is 18.6. The van der Waals surface area contributed by atoms with Crippen molar-refractivity contribution in [3.63, 3.8) is 0 Å². The summed E-state index contributed by atoms with van der Waals surface area (Å²) in [5.74, 6) is -0.904. The van der Waals surface area contributed by atoms with E-state index in [-0.39, 0.29) is 11.7 Å². The lowest BCUT2D eigenvalue weighted by atomic mass is 9.90. The molecule has 0 heterocycles. The molecule has 0 spiro atoms. The van der Waals surface area contributed by atoms with Crippen LogP contribution in [0.15, 0.2) is 60.7 Å². The highest BCUT2D eigenvalue weighted by Crippen LogP contribution is 2.12. The second kappa shape index (κ2) is 8.25. The maximum atomic E-state index is 11.8. The first-order chi connectivity index (χ1) is 10.8. The first-order valence-corrected chi connectivity index (χ1v) is 7.44. The van der Waals surface area contributed by atoms with Gasteiger partial charge in [-0.2, -0.15) is 0 Å². The van der Waals surface area contributed by atoms with Crippen molar-refractivity contribution in [2.75, 3.05) is 0 Å². The Morgan fingerprint density at radius 2 is 1.26 bits per heavy atom. The van der Waals surface area contributed by atoms with Crippen LogP contribution < -0.4 is 5.73 Å². The third kappa shape index (κ3) is 5.34. The van der Waals surface area contributed by atoms with Crippen LogP contribution >= 0.6 is 0 Å². The van der Waals surface area contributed by atoms with E-state index < -0.39 is 11.5 Å². The number of hydrogen-bond donors (Lipinski definition) is 2. The van der Waals surface area contributed by atoms with Crippen LogP contribution in [0, 0.1) is 5.92 Å². The van der Waals surface area contributed by atoms with Gasteiger partial charge in [0.2, 0.25) is 0 Å². The van der Waals surface area contributed by atoms with Crippen LogP contribution in [0.5, 0.6) is 0 Å².